The molecule has 0 unspecified atom stereocenters. The predicted molar refractivity (Wildman–Crippen MR) is 144 cm³/mol. The van der Waals surface area contributed by atoms with Gasteiger partial charge < -0.3 is 15.0 Å². The molecular formula is C28H38N6O2. The predicted octanol–water partition coefficient (Wildman–Crippen LogP) is 4.73. The maximum absolute atomic E-state index is 11.7. The van der Waals surface area contributed by atoms with Gasteiger partial charge in [-0.2, -0.15) is 0 Å². The first-order chi connectivity index (χ1) is 17.6. The molecule has 1 aliphatic carbocycles. The lowest BCUT2D eigenvalue weighted by Crippen LogP contribution is -2.37. The number of carbonyl (C=O) groups excluding carboxylic acids is 1. The number of aromatic nitrogens is 3. The van der Waals surface area contributed by atoms with Crippen LogP contribution in [-0.2, 0) is 11.3 Å². The van der Waals surface area contributed by atoms with Gasteiger partial charge in [0, 0.05) is 50.5 Å². The molecule has 3 heterocycles. The number of ketones is 1. The van der Waals surface area contributed by atoms with Gasteiger partial charge in [0.05, 0.1) is 13.2 Å². The average molecular weight is 491 g/mol. The lowest BCUT2D eigenvalue weighted by molar-refractivity contribution is 0.0370. The Morgan fingerprint density at radius 2 is 1.86 bits per heavy atom. The van der Waals surface area contributed by atoms with E-state index in [-0.39, 0.29) is 5.78 Å². The number of nitrogens with zero attached hydrogens (tertiary/aromatic N) is 5. The van der Waals surface area contributed by atoms with Crippen molar-refractivity contribution in [1.82, 2.24) is 19.4 Å². The number of rotatable bonds is 12. The molecule has 1 saturated carbocycles. The average Bonchev–Trinajstić information content (AvgIpc) is 3.65. The number of fused-ring (bicyclic) bond motifs is 1. The number of anilines is 3. The molecule has 2 aliphatic rings. The fourth-order valence-electron chi connectivity index (χ4n) is 4.85. The number of ether oxygens (including phenoxy) is 1. The van der Waals surface area contributed by atoms with E-state index in [1.54, 1.807) is 6.92 Å². The molecule has 0 amide bonds. The summed E-state index contributed by atoms with van der Waals surface area (Å²) in [6.07, 6.45) is 4.78. The van der Waals surface area contributed by atoms with Crippen LogP contribution in [0.15, 0.2) is 36.4 Å². The molecule has 2 aromatic heterocycles. The molecule has 0 atom stereocenters. The molecule has 1 saturated heterocycles. The highest BCUT2D eigenvalue weighted by Gasteiger charge is 2.25. The third kappa shape index (κ3) is 6.05. The van der Waals surface area contributed by atoms with Crippen molar-refractivity contribution in [2.24, 2.45) is 5.92 Å². The van der Waals surface area contributed by atoms with Gasteiger partial charge in [-0.1, -0.05) is 6.92 Å². The second kappa shape index (κ2) is 11.4. The standard InChI is InChI=1S/C28H38N6O2/c1-3-13-33(20-22-5-6-22)26-12-11-25-27(31-26)34(15-4-14-32-16-18-36-19-17-32)28(30-25)29-24-9-7-23(8-10-24)21(2)35/h7-12,22H,3-6,13-20H2,1-2H3,(H,29,30). The van der Waals surface area contributed by atoms with E-state index >= 15 is 0 Å². The van der Waals surface area contributed by atoms with Crippen molar-refractivity contribution >= 4 is 34.4 Å². The number of hydrogen-bond acceptors (Lipinski definition) is 7. The topological polar surface area (TPSA) is 75.5 Å². The maximum atomic E-state index is 11.7. The van der Waals surface area contributed by atoms with Gasteiger partial charge >= 0.3 is 0 Å². The van der Waals surface area contributed by atoms with Gasteiger partial charge in [-0.15, -0.1) is 0 Å². The van der Waals surface area contributed by atoms with E-state index < -0.39 is 0 Å². The second-order valence-corrected chi connectivity index (χ2v) is 10.1. The zero-order chi connectivity index (χ0) is 24.9. The Balaban J connectivity index is 1.41. The number of Topliss-reactive ketones (excluding diaryl/α,β-unsaturated/α-hetero) is 1. The number of benzene rings is 1. The summed E-state index contributed by atoms with van der Waals surface area (Å²) < 4.78 is 7.72. The summed E-state index contributed by atoms with van der Waals surface area (Å²) >= 11 is 0. The van der Waals surface area contributed by atoms with Crippen LogP contribution in [0.1, 0.15) is 49.9 Å². The van der Waals surface area contributed by atoms with E-state index in [0.717, 1.165) is 99.9 Å². The summed E-state index contributed by atoms with van der Waals surface area (Å²) in [7, 11) is 0. The first-order valence-electron chi connectivity index (χ1n) is 13.4. The SMILES string of the molecule is CCCN(CC1CC1)c1ccc2nc(Nc3ccc(C(C)=O)cc3)n(CCCN3CCOCC3)c2n1. The van der Waals surface area contributed by atoms with Crippen molar-refractivity contribution in [2.45, 2.75) is 46.1 Å². The van der Waals surface area contributed by atoms with Crippen LogP contribution in [0.3, 0.4) is 0 Å². The second-order valence-electron chi connectivity index (χ2n) is 10.1. The number of hydrogen-bond donors (Lipinski definition) is 1. The summed E-state index contributed by atoms with van der Waals surface area (Å²) in [4.78, 5) is 26.7. The Morgan fingerprint density at radius 3 is 2.56 bits per heavy atom. The lowest BCUT2D eigenvalue weighted by Gasteiger charge is -2.26. The highest BCUT2D eigenvalue weighted by Crippen LogP contribution is 2.32. The van der Waals surface area contributed by atoms with Gasteiger partial charge in [-0.05, 0) is 74.9 Å². The zero-order valence-electron chi connectivity index (χ0n) is 21.6. The Morgan fingerprint density at radius 1 is 1.08 bits per heavy atom. The van der Waals surface area contributed by atoms with E-state index in [1.807, 2.05) is 24.3 Å². The van der Waals surface area contributed by atoms with Gasteiger partial charge in [-0.3, -0.25) is 14.3 Å². The van der Waals surface area contributed by atoms with Crippen LogP contribution in [-0.4, -0.2) is 71.2 Å². The van der Waals surface area contributed by atoms with Crippen LogP contribution in [0.25, 0.3) is 11.2 Å². The quantitative estimate of drug-likeness (QED) is 0.368. The molecule has 36 heavy (non-hydrogen) atoms. The Kier molecular flexibility index (Phi) is 7.82. The van der Waals surface area contributed by atoms with E-state index in [0.29, 0.717) is 5.56 Å². The minimum Gasteiger partial charge on any atom is -0.379 e. The Hall–Kier alpha value is -2.97. The van der Waals surface area contributed by atoms with Crippen LogP contribution >= 0.6 is 0 Å². The number of nitrogens with one attached hydrogen (secondary N) is 1. The first kappa shape index (κ1) is 24.7. The van der Waals surface area contributed by atoms with E-state index in [9.17, 15) is 4.79 Å². The van der Waals surface area contributed by atoms with E-state index in [4.69, 9.17) is 14.7 Å². The number of carbonyl (C=O) groups is 1. The lowest BCUT2D eigenvalue weighted by atomic mass is 10.1. The summed E-state index contributed by atoms with van der Waals surface area (Å²) in [5, 5.41) is 3.49. The molecule has 8 nitrogen and oxygen atoms in total. The molecule has 1 aliphatic heterocycles. The third-order valence-electron chi connectivity index (χ3n) is 7.08. The number of morpholine rings is 1. The highest BCUT2D eigenvalue weighted by molar-refractivity contribution is 5.94. The van der Waals surface area contributed by atoms with Crippen LogP contribution in [0.2, 0.25) is 0 Å². The number of aryl methyl sites for hydroxylation is 1. The molecular weight excluding hydrogens is 452 g/mol. The van der Waals surface area contributed by atoms with Gasteiger partial charge in [0.2, 0.25) is 5.95 Å². The van der Waals surface area contributed by atoms with Gasteiger partial charge in [-0.25, -0.2) is 9.97 Å². The molecule has 1 aromatic carbocycles. The normalized spacial score (nSPS) is 16.4. The smallest absolute Gasteiger partial charge is 0.209 e. The maximum Gasteiger partial charge on any atom is 0.209 e. The van der Waals surface area contributed by atoms with Gasteiger partial charge in [0.25, 0.3) is 0 Å². The number of imidazole rings is 1. The van der Waals surface area contributed by atoms with Crippen molar-refractivity contribution < 1.29 is 9.53 Å². The molecule has 0 radical (unpaired) electrons. The van der Waals surface area contributed by atoms with Crippen molar-refractivity contribution in [2.75, 3.05) is 56.2 Å². The minimum atomic E-state index is 0.0662. The molecule has 8 heteroatoms. The summed E-state index contributed by atoms with van der Waals surface area (Å²) in [5.74, 6) is 2.71. The van der Waals surface area contributed by atoms with Crippen LogP contribution in [0, 0.1) is 5.92 Å². The minimum absolute atomic E-state index is 0.0662. The van der Waals surface area contributed by atoms with Crippen molar-refractivity contribution in [3.8, 4) is 0 Å². The fraction of sp³-hybridized carbons (Fsp3) is 0.536. The van der Waals surface area contributed by atoms with E-state index in [1.165, 1.54) is 12.8 Å². The van der Waals surface area contributed by atoms with Crippen LogP contribution < -0.4 is 10.2 Å². The molecule has 192 valence electrons. The van der Waals surface area contributed by atoms with Crippen molar-refractivity contribution in [1.29, 1.82) is 0 Å². The molecule has 3 aromatic rings. The van der Waals surface area contributed by atoms with Crippen LogP contribution in [0.4, 0.5) is 17.5 Å². The van der Waals surface area contributed by atoms with Crippen LogP contribution in [0.5, 0.6) is 0 Å². The first-order valence-corrected chi connectivity index (χ1v) is 13.4. The zero-order valence-corrected chi connectivity index (χ0v) is 21.6. The van der Waals surface area contributed by atoms with Crippen molar-refractivity contribution in [3.63, 3.8) is 0 Å². The largest absolute Gasteiger partial charge is 0.379 e. The Bertz CT molecular complexity index is 1160. The number of pyridine rings is 1. The van der Waals surface area contributed by atoms with E-state index in [2.05, 4.69) is 38.7 Å². The molecule has 5 rings (SSSR count). The molecule has 0 bridgehead atoms. The molecule has 2 fully saturated rings. The van der Waals surface area contributed by atoms with Gasteiger partial charge in [0.15, 0.2) is 11.4 Å². The summed E-state index contributed by atoms with van der Waals surface area (Å²) in [6.45, 7) is 11.4. The summed E-state index contributed by atoms with van der Waals surface area (Å²) in [6, 6.07) is 11.8. The Labute approximate surface area is 213 Å². The highest BCUT2D eigenvalue weighted by atomic mass is 16.5. The third-order valence-corrected chi connectivity index (χ3v) is 7.08. The van der Waals surface area contributed by atoms with Gasteiger partial charge in [0.1, 0.15) is 11.3 Å². The molecule has 0 spiro atoms. The van der Waals surface area contributed by atoms with Crippen molar-refractivity contribution in [3.05, 3.63) is 42.0 Å². The monoisotopic (exact) mass is 490 g/mol. The summed E-state index contributed by atoms with van der Waals surface area (Å²) in [5.41, 5.74) is 3.44. The fourth-order valence-corrected chi connectivity index (χ4v) is 4.85. The molecule has 1 N–H and O–H groups in total.